The van der Waals surface area contributed by atoms with Gasteiger partial charge in [-0.1, -0.05) is 96.8 Å². The van der Waals surface area contributed by atoms with Crippen LogP contribution in [0.5, 0.6) is 0 Å². The van der Waals surface area contributed by atoms with Gasteiger partial charge in [-0.15, -0.1) is 0 Å². The number of hydrogen-bond acceptors (Lipinski definition) is 7. The Balaban J connectivity index is 1.14. The predicted molar refractivity (Wildman–Crippen MR) is 175 cm³/mol. The molecule has 0 aromatic carbocycles. The molecule has 0 bridgehead atoms. The van der Waals surface area contributed by atoms with E-state index in [9.17, 15) is 20.1 Å². The van der Waals surface area contributed by atoms with Crippen molar-refractivity contribution < 1.29 is 34.3 Å². The van der Waals surface area contributed by atoms with Crippen molar-refractivity contribution in [2.45, 2.75) is 217 Å². The van der Waals surface area contributed by atoms with Crippen LogP contribution < -0.4 is 0 Å². The Labute approximate surface area is 268 Å². The first-order chi connectivity index (χ1) is 21.4. The summed E-state index contributed by atoms with van der Waals surface area (Å²) in [6.07, 6.45) is 25.6. The molecule has 3 rings (SSSR count). The van der Waals surface area contributed by atoms with Gasteiger partial charge in [-0.3, -0.25) is 0 Å². The number of cyclic esters (lactones) is 1. The predicted octanol–water partition coefficient (Wildman–Crippen LogP) is 7.86. The highest BCUT2D eigenvalue weighted by Gasteiger charge is 2.40. The minimum atomic E-state index is -0.466. The van der Waals surface area contributed by atoms with Crippen molar-refractivity contribution >= 4 is 5.97 Å². The van der Waals surface area contributed by atoms with Gasteiger partial charge < -0.3 is 29.5 Å². The van der Waals surface area contributed by atoms with Crippen LogP contribution in [0.1, 0.15) is 168 Å². The van der Waals surface area contributed by atoms with Crippen molar-refractivity contribution in [3.05, 3.63) is 11.6 Å². The summed E-state index contributed by atoms with van der Waals surface area (Å²) >= 11 is 0. The van der Waals surface area contributed by atoms with Gasteiger partial charge in [0, 0.05) is 5.57 Å². The van der Waals surface area contributed by atoms with Crippen LogP contribution in [0.4, 0.5) is 0 Å². The monoisotopic (exact) mass is 622 g/mol. The Bertz CT molecular complexity index is 801. The average Bonchev–Trinajstić information content (AvgIpc) is 3.76. The highest BCUT2D eigenvalue weighted by molar-refractivity contribution is 5.90. The van der Waals surface area contributed by atoms with Crippen molar-refractivity contribution in [3.8, 4) is 0 Å². The van der Waals surface area contributed by atoms with E-state index in [0.717, 1.165) is 108 Å². The first-order valence-electron chi connectivity index (χ1n) is 18.6. The van der Waals surface area contributed by atoms with E-state index in [4.69, 9.17) is 14.2 Å². The molecule has 8 atom stereocenters. The number of hydrogen-bond donors (Lipinski definition) is 3. The average molecular weight is 623 g/mol. The molecule has 0 amide bonds. The Morgan fingerprint density at radius 1 is 0.659 bits per heavy atom. The number of aliphatic hydroxyl groups excluding tert-OH is 3. The van der Waals surface area contributed by atoms with E-state index in [2.05, 4.69) is 6.92 Å². The molecular weight excluding hydrogens is 556 g/mol. The minimum absolute atomic E-state index is 0.0248. The summed E-state index contributed by atoms with van der Waals surface area (Å²) in [5, 5.41) is 31.8. The number of ether oxygens (including phenoxy) is 3. The third-order valence-electron chi connectivity index (χ3n) is 10.1. The van der Waals surface area contributed by atoms with E-state index in [0.29, 0.717) is 6.42 Å². The van der Waals surface area contributed by atoms with Gasteiger partial charge in [-0.2, -0.15) is 0 Å². The number of carbonyl (C=O) groups excluding carboxylic acids is 1. The summed E-state index contributed by atoms with van der Waals surface area (Å²) in [6.45, 7) is 4.14. The normalized spacial score (nSPS) is 27.4. The maximum absolute atomic E-state index is 11.6. The van der Waals surface area contributed by atoms with E-state index in [1.807, 2.05) is 13.0 Å². The first-order valence-corrected chi connectivity index (χ1v) is 18.6. The minimum Gasteiger partial charge on any atom is -0.455 e. The molecule has 0 aromatic rings. The zero-order valence-electron chi connectivity index (χ0n) is 28.1. The van der Waals surface area contributed by atoms with Crippen molar-refractivity contribution in [3.63, 3.8) is 0 Å². The fourth-order valence-electron chi connectivity index (χ4n) is 7.27. The van der Waals surface area contributed by atoms with Crippen LogP contribution in [0.15, 0.2) is 11.6 Å². The van der Waals surface area contributed by atoms with E-state index in [-0.39, 0.29) is 48.7 Å². The van der Waals surface area contributed by atoms with Crippen LogP contribution in [0.2, 0.25) is 0 Å². The largest absolute Gasteiger partial charge is 0.455 e. The van der Waals surface area contributed by atoms with E-state index in [1.165, 1.54) is 44.9 Å². The van der Waals surface area contributed by atoms with Crippen molar-refractivity contribution in [2.24, 2.45) is 0 Å². The number of aliphatic hydroxyl groups is 3. The molecule has 0 radical (unpaired) electrons. The molecule has 2 saturated heterocycles. The van der Waals surface area contributed by atoms with Crippen LogP contribution in [0.3, 0.4) is 0 Å². The summed E-state index contributed by atoms with van der Waals surface area (Å²) in [5.41, 5.74) is 0.828. The second-order valence-electron chi connectivity index (χ2n) is 14.0. The molecule has 0 unspecified atom stereocenters. The van der Waals surface area contributed by atoms with Gasteiger partial charge in [0.05, 0.1) is 42.7 Å². The summed E-state index contributed by atoms with van der Waals surface area (Å²) in [5.74, 6) is -0.152. The molecular formula is C37H66O7. The molecule has 0 aliphatic carbocycles. The smallest absolute Gasteiger partial charge is 0.334 e. The summed E-state index contributed by atoms with van der Waals surface area (Å²) in [6, 6.07) is 0. The standard InChI is InChI=1S/C37H66O7/c1-3-4-5-6-7-8-12-15-21-31(39)33-23-25-35(43-33)36-26-24-34(44-36)32(40)22-17-16-20-30(38)19-14-11-9-10-13-18-29-27-28(2)42-37(29)41/h27-28,30-36,38-40H,3-26H2,1-2H3/t28-,30+,31+,32+,33+,34+,35-,36-/m1/s1. The fourth-order valence-corrected chi connectivity index (χ4v) is 7.27. The van der Waals surface area contributed by atoms with Crippen LogP contribution in [-0.4, -0.2) is 70.1 Å². The molecule has 0 aromatic heterocycles. The topological polar surface area (TPSA) is 105 Å². The van der Waals surface area contributed by atoms with Gasteiger partial charge in [0.1, 0.15) is 6.10 Å². The molecule has 3 aliphatic heterocycles. The Kier molecular flexibility index (Phi) is 18.5. The summed E-state index contributed by atoms with van der Waals surface area (Å²) in [4.78, 5) is 11.6. The molecule has 256 valence electrons. The van der Waals surface area contributed by atoms with Crippen LogP contribution >= 0.6 is 0 Å². The van der Waals surface area contributed by atoms with Crippen LogP contribution in [-0.2, 0) is 19.0 Å². The Hall–Kier alpha value is -0.990. The van der Waals surface area contributed by atoms with E-state index >= 15 is 0 Å². The lowest BCUT2D eigenvalue weighted by atomic mass is 9.99. The number of esters is 1. The van der Waals surface area contributed by atoms with Gasteiger partial charge in [0.25, 0.3) is 0 Å². The molecule has 3 aliphatic rings. The molecule has 0 saturated carbocycles. The van der Waals surface area contributed by atoms with Gasteiger partial charge in [-0.05, 0) is 77.2 Å². The van der Waals surface area contributed by atoms with Crippen molar-refractivity contribution in [1.29, 1.82) is 0 Å². The number of rotatable bonds is 25. The molecule has 7 nitrogen and oxygen atoms in total. The lowest BCUT2D eigenvalue weighted by Gasteiger charge is -2.24. The SMILES string of the molecule is CCCCCCCCCC[C@H](O)[C@@H]1CC[C@H]([C@H]2CC[C@@H]([C@@H](O)CCCC[C@@H](O)CCCCCCCC3=C[C@@H](C)OC3=O)O2)O1. The van der Waals surface area contributed by atoms with E-state index < -0.39 is 6.10 Å². The number of unbranched alkanes of at least 4 members (excludes halogenated alkanes) is 12. The van der Waals surface area contributed by atoms with E-state index in [1.54, 1.807) is 0 Å². The molecule has 7 heteroatoms. The number of carbonyl (C=O) groups is 1. The third kappa shape index (κ3) is 14.2. The Morgan fingerprint density at radius 3 is 1.64 bits per heavy atom. The lowest BCUT2D eigenvalue weighted by molar-refractivity contribution is -0.139. The Morgan fingerprint density at radius 2 is 1.11 bits per heavy atom. The van der Waals surface area contributed by atoms with Gasteiger partial charge in [-0.25, -0.2) is 4.79 Å². The third-order valence-corrected chi connectivity index (χ3v) is 10.1. The quantitative estimate of drug-likeness (QED) is 0.0703. The zero-order valence-corrected chi connectivity index (χ0v) is 28.1. The highest BCUT2D eigenvalue weighted by atomic mass is 16.6. The molecule has 2 fully saturated rings. The lowest BCUT2D eigenvalue weighted by Crippen LogP contribution is -2.33. The second kappa shape index (κ2) is 21.7. The zero-order chi connectivity index (χ0) is 31.6. The summed E-state index contributed by atoms with van der Waals surface area (Å²) in [7, 11) is 0. The fraction of sp³-hybridized carbons (Fsp3) is 0.919. The maximum atomic E-state index is 11.6. The maximum Gasteiger partial charge on any atom is 0.334 e. The molecule has 3 N–H and O–H groups in total. The second-order valence-corrected chi connectivity index (χ2v) is 14.0. The summed E-state index contributed by atoms with van der Waals surface area (Å²) < 4.78 is 17.7. The van der Waals surface area contributed by atoms with Crippen molar-refractivity contribution in [1.82, 2.24) is 0 Å². The van der Waals surface area contributed by atoms with Gasteiger partial charge in [0.2, 0.25) is 0 Å². The molecule has 44 heavy (non-hydrogen) atoms. The van der Waals surface area contributed by atoms with Crippen molar-refractivity contribution in [2.75, 3.05) is 0 Å². The van der Waals surface area contributed by atoms with Crippen LogP contribution in [0, 0.1) is 0 Å². The molecule has 3 heterocycles. The van der Waals surface area contributed by atoms with Gasteiger partial charge >= 0.3 is 5.97 Å². The first kappa shape index (κ1) is 37.5. The molecule has 0 spiro atoms. The van der Waals surface area contributed by atoms with Crippen LogP contribution in [0.25, 0.3) is 0 Å². The van der Waals surface area contributed by atoms with Gasteiger partial charge in [0.15, 0.2) is 0 Å². The highest BCUT2D eigenvalue weighted by Crippen LogP contribution is 2.34.